The van der Waals surface area contributed by atoms with E-state index in [9.17, 15) is 0 Å². The molecule has 15 heavy (non-hydrogen) atoms. The molecule has 0 saturated heterocycles. The van der Waals surface area contributed by atoms with Gasteiger partial charge in [0, 0.05) is 12.1 Å². The highest BCUT2D eigenvalue weighted by Gasteiger charge is 2.64. The Labute approximate surface area is 92.8 Å². The molecular formula is C13H24N2. The lowest BCUT2D eigenvalue weighted by molar-refractivity contribution is 0.0144. The summed E-state index contributed by atoms with van der Waals surface area (Å²) in [5.74, 6) is 1.65. The van der Waals surface area contributed by atoms with E-state index in [0.29, 0.717) is 12.0 Å². The second kappa shape index (κ2) is 3.21. The zero-order valence-electron chi connectivity index (χ0n) is 9.67. The zero-order valence-corrected chi connectivity index (χ0v) is 9.67. The second-order valence-electron chi connectivity index (χ2n) is 6.17. The van der Waals surface area contributed by atoms with E-state index in [1.165, 1.54) is 51.4 Å². The average Bonchev–Trinajstić information content (AvgIpc) is 2.84. The highest BCUT2D eigenvalue weighted by molar-refractivity contribution is 5.19. The molecule has 3 fully saturated rings. The van der Waals surface area contributed by atoms with Gasteiger partial charge in [-0.3, -0.25) is 0 Å². The average molecular weight is 208 g/mol. The van der Waals surface area contributed by atoms with Gasteiger partial charge in [0.2, 0.25) is 0 Å². The smallest absolute Gasteiger partial charge is 0.0367 e. The van der Waals surface area contributed by atoms with Crippen LogP contribution in [0.5, 0.6) is 0 Å². The summed E-state index contributed by atoms with van der Waals surface area (Å²) >= 11 is 0. The molecule has 1 spiro atoms. The van der Waals surface area contributed by atoms with Gasteiger partial charge in [0.1, 0.15) is 0 Å². The molecule has 0 amide bonds. The van der Waals surface area contributed by atoms with Crippen molar-refractivity contribution < 1.29 is 0 Å². The molecule has 4 N–H and O–H groups in total. The van der Waals surface area contributed by atoms with Gasteiger partial charge >= 0.3 is 0 Å². The maximum atomic E-state index is 6.73. The fraction of sp³-hybridized carbons (Fsp3) is 1.00. The zero-order chi connectivity index (χ0) is 10.5. The third-order valence-corrected chi connectivity index (χ3v) is 5.95. The van der Waals surface area contributed by atoms with E-state index in [2.05, 4.69) is 0 Å². The largest absolute Gasteiger partial charge is 0.329 e. The van der Waals surface area contributed by atoms with Crippen molar-refractivity contribution in [3.8, 4) is 0 Å². The second-order valence-corrected chi connectivity index (χ2v) is 6.17. The van der Waals surface area contributed by atoms with Crippen molar-refractivity contribution in [2.45, 2.75) is 56.9 Å². The first-order valence-electron chi connectivity index (χ1n) is 6.72. The lowest BCUT2D eigenvalue weighted by atomic mass is 9.55. The fourth-order valence-corrected chi connectivity index (χ4v) is 5.16. The predicted octanol–water partition coefficient (Wildman–Crippen LogP) is 2.02. The molecule has 86 valence electrons. The van der Waals surface area contributed by atoms with Gasteiger partial charge in [0.25, 0.3) is 0 Å². The molecule has 2 nitrogen and oxygen atoms in total. The van der Waals surface area contributed by atoms with Crippen LogP contribution in [0.3, 0.4) is 0 Å². The van der Waals surface area contributed by atoms with Crippen LogP contribution >= 0.6 is 0 Å². The van der Waals surface area contributed by atoms with Crippen molar-refractivity contribution >= 4 is 0 Å². The minimum absolute atomic E-state index is 0.00363. The Hall–Kier alpha value is -0.0800. The molecule has 3 aliphatic carbocycles. The highest BCUT2D eigenvalue weighted by atomic mass is 14.9. The summed E-state index contributed by atoms with van der Waals surface area (Å²) < 4.78 is 0. The first kappa shape index (κ1) is 10.1. The van der Waals surface area contributed by atoms with E-state index in [1.54, 1.807) is 0 Å². The third kappa shape index (κ3) is 1.07. The van der Waals surface area contributed by atoms with E-state index in [-0.39, 0.29) is 5.54 Å². The number of hydrogen-bond acceptors (Lipinski definition) is 2. The minimum Gasteiger partial charge on any atom is -0.329 e. The van der Waals surface area contributed by atoms with Crippen LogP contribution in [0.25, 0.3) is 0 Å². The standard InChI is InChI=1S/C13H24N2/c14-9-13(15)11-5-4-10(8-11)12(13)6-2-1-3-7-12/h10-11H,1-9,14-15H2/t10?,11-,13-/m1/s1. The summed E-state index contributed by atoms with van der Waals surface area (Å²) in [7, 11) is 0. The fourth-order valence-electron chi connectivity index (χ4n) is 5.16. The van der Waals surface area contributed by atoms with Crippen LogP contribution in [0.4, 0.5) is 0 Å². The molecular weight excluding hydrogens is 184 g/mol. The van der Waals surface area contributed by atoms with E-state index in [0.717, 1.165) is 11.8 Å². The van der Waals surface area contributed by atoms with Crippen LogP contribution in [0, 0.1) is 17.3 Å². The Morgan fingerprint density at radius 2 is 1.67 bits per heavy atom. The maximum absolute atomic E-state index is 6.73. The Balaban J connectivity index is 1.97. The van der Waals surface area contributed by atoms with E-state index < -0.39 is 0 Å². The number of rotatable bonds is 1. The molecule has 0 aromatic rings. The van der Waals surface area contributed by atoms with Crippen molar-refractivity contribution in [2.75, 3.05) is 6.54 Å². The van der Waals surface area contributed by atoms with Crippen LogP contribution in [0.15, 0.2) is 0 Å². The molecule has 3 rings (SSSR count). The minimum atomic E-state index is -0.00363. The quantitative estimate of drug-likeness (QED) is 0.692. The van der Waals surface area contributed by atoms with Crippen molar-refractivity contribution in [2.24, 2.45) is 28.7 Å². The summed E-state index contributed by atoms with van der Waals surface area (Å²) in [5, 5.41) is 0. The Bertz CT molecular complexity index is 257. The molecule has 2 bridgehead atoms. The molecule has 3 aliphatic rings. The molecule has 0 aromatic carbocycles. The van der Waals surface area contributed by atoms with Gasteiger partial charge in [-0.05, 0) is 49.4 Å². The van der Waals surface area contributed by atoms with Crippen molar-refractivity contribution in [1.82, 2.24) is 0 Å². The molecule has 3 saturated carbocycles. The Kier molecular flexibility index (Phi) is 2.16. The first-order valence-corrected chi connectivity index (χ1v) is 6.72. The molecule has 0 radical (unpaired) electrons. The number of fused-ring (bicyclic) bond motifs is 3. The van der Waals surface area contributed by atoms with E-state index in [4.69, 9.17) is 11.5 Å². The van der Waals surface area contributed by atoms with Crippen LogP contribution in [0.2, 0.25) is 0 Å². The summed E-state index contributed by atoms with van der Waals surface area (Å²) in [6, 6.07) is 0. The summed E-state index contributed by atoms with van der Waals surface area (Å²) in [6.07, 6.45) is 11.1. The van der Waals surface area contributed by atoms with Crippen LogP contribution in [-0.2, 0) is 0 Å². The summed E-state index contributed by atoms with van der Waals surface area (Å²) in [5.41, 5.74) is 13.2. The molecule has 3 atom stereocenters. The van der Waals surface area contributed by atoms with Crippen molar-refractivity contribution in [1.29, 1.82) is 0 Å². The topological polar surface area (TPSA) is 52.0 Å². The molecule has 0 aromatic heterocycles. The number of nitrogens with two attached hydrogens (primary N) is 2. The molecule has 0 heterocycles. The SMILES string of the molecule is NC[C@@]1(N)[C@@H]2CCC(C2)C12CCCCC2. The number of hydrogen-bond donors (Lipinski definition) is 2. The lowest BCUT2D eigenvalue weighted by Crippen LogP contribution is -2.64. The van der Waals surface area contributed by atoms with Gasteiger partial charge in [0.15, 0.2) is 0 Å². The summed E-state index contributed by atoms with van der Waals surface area (Å²) in [6.45, 7) is 0.716. The highest BCUT2D eigenvalue weighted by Crippen LogP contribution is 2.65. The Morgan fingerprint density at radius 1 is 1.00 bits per heavy atom. The van der Waals surface area contributed by atoms with Crippen LogP contribution in [0.1, 0.15) is 51.4 Å². The lowest BCUT2D eigenvalue weighted by Gasteiger charge is -2.53. The predicted molar refractivity (Wildman–Crippen MR) is 62.3 cm³/mol. The molecule has 1 unspecified atom stereocenters. The van der Waals surface area contributed by atoms with Gasteiger partial charge in [-0.25, -0.2) is 0 Å². The van der Waals surface area contributed by atoms with Gasteiger partial charge in [-0.1, -0.05) is 19.3 Å². The van der Waals surface area contributed by atoms with Crippen molar-refractivity contribution in [3.05, 3.63) is 0 Å². The van der Waals surface area contributed by atoms with Gasteiger partial charge < -0.3 is 11.5 Å². The normalized spacial score (nSPS) is 47.6. The first-order chi connectivity index (χ1) is 7.23. The van der Waals surface area contributed by atoms with Crippen LogP contribution < -0.4 is 11.5 Å². The van der Waals surface area contributed by atoms with Crippen LogP contribution in [-0.4, -0.2) is 12.1 Å². The van der Waals surface area contributed by atoms with Gasteiger partial charge in [-0.2, -0.15) is 0 Å². The van der Waals surface area contributed by atoms with Gasteiger partial charge in [0.05, 0.1) is 0 Å². The third-order valence-electron chi connectivity index (χ3n) is 5.95. The molecule has 0 aliphatic heterocycles. The maximum Gasteiger partial charge on any atom is 0.0367 e. The van der Waals surface area contributed by atoms with Crippen molar-refractivity contribution in [3.63, 3.8) is 0 Å². The monoisotopic (exact) mass is 208 g/mol. The molecule has 2 heteroatoms. The van der Waals surface area contributed by atoms with E-state index >= 15 is 0 Å². The summed E-state index contributed by atoms with van der Waals surface area (Å²) in [4.78, 5) is 0. The van der Waals surface area contributed by atoms with Gasteiger partial charge in [-0.15, -0.1) is 0 Å². The van der Waals surface area contributed by atoms with E-state index in [1.807, 2.05) is 0 Å². The Morgan fingerprint density at radius 3 is 2.33 bits per heavy atom.